The summed E-state index contributed by atoms with van der Waals surface area (Å²) in [7, 11) is 0. The Morgan fingerprint density at radius 3 is 2.65 bits per heavy atom. The Labute approximate surface area is 96.9 Å². The number of H-pyrrole nitrogens is 1. The van der Waals surface area contributed by atoms with Crippen LogP contribution in [-0.2, 0) is 4.79 Å². The Morgan fingerprint density at radius 1 is 1.41 bits per heavy atom. The minimum Gasteiger partial charge on any atom is -0.480 e. The summed E-state index contributed by atoms with van der Waals surface area (Å²) in [6.07, 6.45) is 1.63. The summed E-state index contributed by atoms with van der Waals surface area (Å²) in [6.45, 7) is -0.333. The van der Waals surface area contributed by atoms with Gasteiger partial charge >= 0.3 is 5.97 Å². The highest BCUT2D eigenvalue weighted by atomic mass is 16.4. The Hall–Kier alpha value is -2.11. The molecule has 1 fully saturated rings. The molecule has 0 aliphatic heterocycles. The number of nitrogens with zero attached hydrogens (tertiary/aromatic N) is 1. The zero-order chi connectivity index (χ0) is 12.4. The van der Waals surface area contributed by atoms with Gasteiger partial charge in [-0.05, 0) is 18.9 Å². The first kappa shape index (κ1) is 11.4. The molecule has 1 amide bonds. The van der Waals surface area contributed by atoms with Crippen molar-refractivity contribution in [2.75, 3.05) is 6.54 Å². The zero-order valence-corrected chi connectivity index (χ0v) is 9.05. The lowest BCUT2D eigenvalue weighted by molar-refractivity contribution is -0.137. The number of hydrogen-bond acceptors (Lipinski definition) is 3. The fourth-order valence-electron chi connectivity index (χ4n) is 1.63. The van der Waals surface area contributed by atoms with Gasteiger partial charge in [-0.2, -0.15) is 0 Å². The Balaban J connectivity index is 2.21. The van der Waals surface area contributed by atoms with Gasteiger partial charge in [-0.25, -0.2) is 0 Å². The Kier molecular flexibility index (Phi) is 2.95. The summed E-state index contributed by atoms with van der Waals surface area (Å²) >= 11 is 0. The van der Waals surface area contributed by atoms with Crippen molar-refractivity contribution in [2.24, 2.45) is 0 Å². The first-order chi connectivity index (χ1) is 8.08. The van der Waals surface area contributed by atoms with Crippen molar-refractivity contribution in [3.05, 3.63) is 34.2 Å². The van der Waals surface area contributed by atoms with Gasteiger partial charge in [0.2, 0.25) is 5.56 Å². The number of hydrogen-bond donors (Lipinski definition) is 2. The number of rotatable bonds is 4. The van der Waals surface area contributed by atoms with E-state index >= 15 is 0 Å². The smallest absolute Gasteiger partial charge is 0.323 e. The fraction of sp³-hybridized carbons (Fsp3) is 0.364. The third-order valence-corrected chi connectivity index (χ3v) is 2.55. The SMILES string of the molecule is O=C(O)CN(C(=O)c1cccc(=O)[nH]1)C1CC1. The van der Waals surface area contributed by atoms with E-state index in [4.69, 9.17) is 5.11 Å². The van der Waals surface area contributed by atoms with Crippen LogP contribution in [0, 0.1) is 0 Å². The van der Waals surface area contributed by atoms with Crippen LogP contribution in [-0.4, -0.2) is 39.5 Å². The van der Waals surface area contributed by atoms with E-state index in [9.17, 15) is 14.4 Å². The standard InChI is InChI=1S/C11H12N2O4/c14-9-3-1-2-8(12-9)11(17)13(6-10(15)16)7-4-5-7/h1-3,7H,4-6H2,(H,12,14)(H,15,16). The van der Waals surface area contributed by atoms with Gasteiger partial charge in [0.15, 0.2) is 0 Å². The second-order valence-corrected chi connectivity index (χ2v) is 3.99. The third-order valence-electron chi connectivity index (χ3n) is 2.55. The van der Waals surface area contributed by atoms with Crippen molar-refractivity contribution >= 4 is 11.9 Å². The molecule has 0 atom stereocenters. The number of nitrogens with one attached hydrogen (secondary N) is 1. The number of carboxylic acids is 1. The number of pyridine rings is 1. The number of aliphatic carboxylic acids is 1. The highest BCUT2D eigenvalue weighted by Crippen LogP contribution is 2.27. The number of carboxylic acid groups (broad SMARTS) is 1. The van der Waals surface area contributed by atoms with Gasteiger partial charge in [0.25, 0.3) is 5.91 Å². The van der Waals surface area contributed by atoms with Crippen LogP contribution in [0.2, 0.25) is 0 Å². The maximum Gasteiger partial charge on any atom is 0.323 e. The van der Waals surface area contributed by atoms with Gasteiger partial charge in [-0.15, -0.1) is 0 Å². The number of amides is 1. The second kappa shape index (κ2) is 4.40. The minimum absolute atomic E-state index is 0.0118. The Morgan fingerprint density at radius 2 is 2.12 bits per heavy atom. The minimum atomic E-state index is -1.05. The normalized spacial score (nSPS) is 14.4. The summed E-state index contributed by atoms with van der Waals surface area (Å²) in [4.78, 5) is 37.5. The van der Waals surface area contributed by atoms with Crippen molar-refractivity contribution in [3.8, 4) is 0 Å². The van der Waals surface area contributed by atoms with Gasteiger partial charge in [-0.1, -0.05) is 6.07 Å². The molecule has 6 heteroatoms. The first-order valence-electron chi connectivity index (χ1n) is 5.30. The van der Waals surface area contributed by atoms with Crippen LogP contribution in [0.4, 0.5) is 0 Å². The molecule has 6 nitrogen and oxygen atoms in total. The van der Waals surface area contributed by atoms with Crippen molar-refractivity contribution in [2.45, 2.75) is 18.9 Å². The fourth-order valence-corrected chi connectivity index (χ4v) is 1.63. The van der Waals surface area contributed by atoms with Crippen LogP contribution < -0.4 is 5.56 Å². The molecule has 1 aromatic rings. The molecule has 2 N–H and O–H groups in total. The van der Waals surface area contributed by atoms with Crippen molar-refractivity contribution in [3.63, 3.8) is 0 Å². The van der Waals surface area contributed by atoms with E-state index in [-0.39, 0.29) is 23.8 Å². The molecule has 0 unspecified atom stereocenters. The molecule has 0 aromatic carbocycles. The quantitative estimate of drug-likeness (QED) is 0.773. The molecule has 0 radical (unpaired) electrons. The molecule has 90 valence electrons. The van der Waals surface area contributed by atoms with Crippen LogP contribution in [0.5, 0.6) is 0 Å². The van der Waals surface area contributed by atoms with Gasteiger partial charge in [0, 0.05) is 12.1 Å². The van der Waals surface area contributed by atoms with Gasteiger partial charge in [0.1, 0.15) is 12.2 Å². The van der Waals surface area contributed by atoms with E-state index in [1.54, 1.807) is 0 Å². The molecule has 1 aliphatic rings. The van der Waals surface area contributed by atoms with Gasteiger partial charge < -0.3 is 15.0 Å². The monoisotopic (exact) mass is 236 g/mol. The number of carbonyl (C=O) groups is 2. The van der Waals surface area contributed by atoms with E-state index < -0.39 is 11.9 Å². The van der Waals surface area contributed by atoms with Crippen molar-refractivity contribution in [1.82, 2.24) is 9.88 Å². The molecule has 1 aromatic heterocycles. The summed E-state index contributed by atoms with van der Waals surface area (Å²) in [5.74, 6) is -1.49. The number of aromatic nitrogens is 1. The molecule has 17 heavy (non-hydrogen) atoms. The van der Waals surface area contributed by atoms with Crippen molar-refractivity contribution in [1.29, 1.82) is 0 Å². The van der Waals surface area contributed by atoms with Gasteiger partial charge in [-0.3, -0.25) is 14.4 Å². The molecule has 2 rings (SSSR count). The highest BCUT2D eigenvalue weighted by molar-refractivity contribution is 5.94. The van der Waals surface area contributed by atoms with E-state index in [0.717, 1.165) is 12.8 Å². The van der Waals surface area contributed by atoms with Crippen LogP contribution in [0.25, 0.3) is 0 Å². The van der Waals surface area contributed by atoms with Gasteiger partial charge in [0.05, 0.1) is 0 Å². The lowest BCUT2D eigenvalue weighted by atomic mass is 10.3. The van der Waals surface area contributed by atoms with Crippen LogP contribution in [0.1, 0.15) is 23.3 Å². The molecule has 0 spiro atoms. The summed E-state index contributed by atoms with van der Waals surface area (Å²) in [6, 6.07) is 4.23. The molecule has 0 bridgehead atoms. The molecule has 0 saturated heterocycles. The predicted octanol–water partition coefficient (Wildman–Crippen LogP) is 0.0641. The first-order valence-corrected chi connectivity index (χ1v) is 5.30. The van der Waals surface area contributed by atoms with E-state index in [0.29, 0.717) is 0 Å². The maximum atomic E-state index is 12.0. The van der Waals surface area contributed by atoms with Crippen LogP contribution in [0.3, 0.4) is 0 Å². The highest BCUT2D eigenvalue weighted by Gasteiger charge is 2.34. The largest absolute Gasteiger partial charge is 0.480 e. The second-order valence-electron chi connectivity index (χ2n) is 3.99. The summed E-state index contributed by atoms with van der Waals surface area (Å²) < 4.78 is 0. The Bertz CT molecular complexity index is 504. The van der Waals surface area contributed by atoms with E-state index in [1.807, 2.05) is 0 Å². The average molecular weight is 236 g/mol. The lowest BCUT2D eigenvalue weighted by Gasteiger charge is -2.19. The average Bonchev–Trinajstić information content (AvgIpc) is 3.08. The molecule has 1 aliphatic carbocycles. The van der Waals surface area contributed by atoms with E-state index in [1.165, 1.54) is 23.1 Å². The van der Waals surface area contributed by atoms with Crippen LogP contribution in [0.15, 0.2) is 23.0 Å². The maximum absolute atomic E-state index is 12.0. The summed E-state index contributed by atoms with van der Waals surface area (Å²) in [5, 5.41) is 8.75. The van der Waals surface area contributed by atoms with Crippen LogP contribution >= 0.6 is 0 Å². The zero-order valence-electron chi connectivity index (χ0n) is 9.05. The number of aromatic amines is 1. The summed E-state index contributed by atoms with van der Waals surface area (Å²) in [5.41, 5.74) is -0.243. The third kappa shape index (κ3) is 2.72. The lowest BCUT2D eigenvalue weighted by Crippen LogP contribution is -2.38. The number of carbonyl (C=O) groups excluding carboxylic acids is 1. The topological polar surface area (TPSA) is 90.5 Å². The molecular weight excluding hydrogens is 224 g/mol. The van der Waals surface area contributed by atoms with Crippen molar-refractivity contribution < 1.29 is 14.7 Å². The molecule has 1 saturated carbocycles. The molecule has 1 heterocycles. The molecular formula is C11H12N2O4. The predicted molar refractivity (Wildman–Crippen MR) is 58.8 cm³/mol. The van der Waals surface area contributed by atoms with E-state index in [2.05, 4.69) is 4.98 Å².